The van der Waals surface area contributed by atoms with Gasteiger partial charge in [0, 0.05) is 24.9 Å². The first-order valence-electron chi connectivity index (χ1n) is 8.22. The third-order valence-corrected chi connectivity index (χ3v) is 4.68. The zero-order valence-corrected chi connectivity index (χ0v) is 14.2. The van der Waals surface area contributed by atoms with E-state index in [0.717, 1.165) is 32.5 Å². The summed E-state index contributed by atoms with van der Waals surface area (Å²) in [5.74, 6) is 0.142. The standard InChI is InChI=1S/C18H21ClN4O/c19-17-16(20-8-9-21-17)12-22-18(24)15-6-10-23(11-7-15)13-14-4-2-1-3-5-14/h1-5,8-9,15H,6-7,10-13H2,(H,22,24). The molecule has 24 heavy (non-hydrogen) atoms. The molecule has 3 rings (SSSR count). The Hall–Kier alpha value is -1.98. The maximum Gasteiger partial charge on any atom is 0.223 e. The van der Waals surface area contributed by atoms with E-state index in [4.69, 9.17) is 11.6 Å². The van der Waals surface area contributed by atoms with Crippen molar-refractivity contribution in [3.05, 3.63) is 59.1 Å². The monoisotopic (exact) mass is 344 g/mol. The van der Waals surface area contributed by atoms with E-state index in [9.17, 15) is 4.79 Å². The summed E-state index contributed by atoms with van der Waals surface area (Å²) in [4.78, 5) is 22.8. The first-order chi connectivity index (χ1) is 11.7. The van der Waals surface area contributed by atoms with Gasteiger partial charge in [-0.3, -0.25) is 14.7 Å². The predicted octanol–water partition coefficient (Wildman–Crippen LogP) is 2.66. The molecule has 0 bridgehead atoms. The highest BCUT2D eigenvalue weighted by molar-refractivity contribution is 6.29. The Morgan fingerprint density at radius 3 is 2.58 bits per heavy atom. The van der Waals surface area contributed by atoms with E-state index in [2.05, 4.69) is 44.5 Å². The summed E-state index contributed by atoms with van der Waals surface area (Å²) >= 11 is 5.96. The molecule has 6 heteroatoms. The summed E-state index contributed by atoms with van der Waals surface area (Å²) in [6.07, 6.45) is 4.88. The van der Waals surface area contributed by atoms with Gasteiger partial charge in [-0.05, 0) is 31.5 Å². The number of rotatable bonds is 5. The first kappa shape index (κ1) is 16.9. The highest BCUT2D eigenvalue weighted by atomic mass is 35.5. The van der Waals surface area contributed by atoms with Gasteiger partial charge in [-0.25, -0.2) is 4.98 Å². The van der Waals surface area contributed by atoms with Gasteiger partial charge >= 0.3 is 0 Å². The molecule has 1 aromatic carbocycles. The number of carbonyl (C=O) groups excluding carboxylic acids is 1. The molecule has 0 unspecified atom stereocenters. The number of hydrogen-bond acceptors (Lipinski definition) is 4. The van der Waals surface area contributed by atoms with Crippen LogP contribution in [0.4, 0.5) is 0 Å². The van der Waals surface area contributed by atoms with Crippen molar-refractivity contribution in [2.24, 2.45) is 5.92 Å². The minimum atomic E-state index is 0.0625. The number of hydrogen-bond donors (Lipinski definition) is 1. The molecule has 1 aliphatic heterocycles. The van der Waals surface area contributed by atoms with E-state index in [-0.39, 0.29) is 11.8 Å². The second kappa shape index (κ2) is 8.22. The molecule has 126 valence electrons. The Bertz CT molecular complexity index is 672. The molecule has 1 aliphatic rings. The molecule has 5 nitrogen and oxygen atoms in total. The summed E-state index contributed by atoms with van der Waals surface area (Å²) in [6.45, 7) is 3.16. The minimum absolute atomic E-state index is 0.0625. The van der Waals surface area contributed by atoms with Crippen LogP contribution in [0.5, 0.6) is 0 Å². The van der Waals surface area contributed by atoms with Gasteiger partial charge < -0.3 is 5.32 Å². The molecule has 2 heterocycles. The van der Waals surface area contributed by atoms with E-state index in [1.54, 1.807) is 6.20 Å². The van der Waals surface area contributed by atoms with Crippen LogP contribution >= 0.6 is 11.6 Å². The number of piperidine rings is 1. The van der Waals surface area contributed by atoms with Crippen LogP contribution in [-0.2, 0) is 17.9 Å². The molecule has 1 amide bonds. The zero-order chi connectivity index (χ0) is 16.8. The molecular weight excluding hydrogens is 324 g/mol. The summed E-state index contributed by atoms with van der Waals surface area (Å²) in [7, 11) is 0. The maximum atomic E-state index is 12.3. The van der Waals surface area contributed by atoms with Crippen LogP contribution in [0.3, 0.4) is 0 Å². The van der Waals surface area contributed by atoms with Crippen molar-refractivity contribution >= 4 is 17.5 Å². The van der Waals surface area contributed by atoms with Crippen molar-refractivity contribution in [1.82, 2.24) is 20.2 Å². The lowest BCUT2D eigenvalue weighted by atomic mass is 9.95. The van der Waals surface area contributed by atoms with E-state index in [0.29, 0.717) is 17.4 Å². The van der Waals surface area contributed by atoms with Crippen molar-refractivity contribution in [2.75, 3.05) is 13.1 Å². The number of likely N-dealkylation sites (tertiary alicyclic amines) is 1. The van der Waals surface area contributed by atoms with Crippen LogP contribution in [0, 0.1) is 5.92 Å². The molecule has 1 fully saturated rings. The van der Waals surface area contributed by atoms with Gasteiger partial charge in [0.1, 0.15) is 0 Å². The van der Waals surface area contributed by atoms with Crippen LogP contribution in [0.1, 0.15) is 24.1 Å². The molecule has 0 spiro atoms. The Morgan fingerprint density at radius 1 is 1.17 bits per heavy atom. The lowest BCUT2D eigenvalue weighted by Crippen LogP contribution is -2.40. The molecule has 1 aromatic heterocycles. The number of carbonyl (C=O) groups is 1. The minimum Gasteiger partial charge on any atom is -0.350 e. The SMILES string of the molecule is O=C(NCc1nccnc1Cl)C1CCN(Cc2ccccc2)CC1. The highest BCUT2D eigenvalue weighted by Gasteiger charge is 2.24. The number of amides is 1. The van der Waals surface area contributed by atoms with Crippen LogP contribution < -0.4 is 5.32 Å². The molecular formula is C18H21ClN4O. The number of halogens is 1. The molecule has 1 N–H and O–H groups in total. The van der Waals surface area contributed by atoms with E-state index in [1.807, 2.05) is 6.07 Å². The lowest BCUT2D eigenvalue weighted by Gasteiger charge is -2.31. The van der Waals surface area contributed by atoms with Crippen molar-refractivity contribution in [2.45, 2.75) is 25.9 Å². The molecule has 0 radical (unpaired) electrons. The fourth-order valence-corrected chi connectivity index (χ4v) is 3.15. The van der Waals surface area contributed by atoms with Gasteiger partial charge in [0.25, 0.3) is 0 Å². The Labute approximate surface area is 147 Å². The van der Waals surface area contributed by atoms with Gasteiger partial charge in [0.2, 0.25) is 5.91 Å². The van der Waals surface area contributed by atoms with Crippen LogP contribution in [0.2, 0.25) is 5.15 Å². The molecule has 1 saturated heterocycles. The number of benzene rings is 1. The maximum absolute atomic E-state index is 12.3. The molecule has 0 saturated carbocycles. The Morgan fingerprint density at radius 2 is 1.88 bits per heavy atom. The highest BCUT2D eigenvalue weighted by Crippen LogP contribution is 2.19. The van der Waals surface area contributed by atoms with Crippen LogP contribution in [0.15, 0.2) is 42.7 Å². The van der Waals surface area contributed by atoms with E-state index >= 15 is 0 Å². The van der Waals surface area contributed by atoms with Crippen LogP contribution in [0.25, 0.3) is 0 Å². The first-order valence-corrected chi connectivity index (χ1v) is 8.59. The van der Waals surface area contributed by atoms with Crippen molar-refractivity contribution < 1.29 is 4.79 Å². The second-order valence-corrected chi connectivity index (χ2v) is 6.41. The molecule has 2 aromatic rings. The van der Waals surface area contributed by atoms with Crippen LogP contribution in [-0.4, -0.2) is 33.9 Å². The third-order valence-electron chi connectivity index (χ3n) is 4.36. The van der Waals surface area contributed by atoms with Crippen molar-refractivity contribution in [1.29, 1.82) is 0 Å². The normalized spacial score (nSPS) is 16.0. The average Bonchev–Trinajstić information content (AvgIpc) is 2.62. The fourth-order valence-electron chi connectivity index (χ4n) is 2.98. The van der Waals surface area contributed by atoms with Gasteiger partial charge in [-0.2, -0.15) is 0 Å². The quantitative estimate of drug-likeness (QED) is 0.906. The van der Waals surface area contributed by atoms with Gasteiger partial charge in [-0.1, -0.05) is 41.9 Å². The van der Waals surface area contributed by atoms with E-state index in [1.165, 1.54) is 11.8 Å². The van der Waals surface area contributed by atoms with Crippen molar-refractivity contribution in [3.63, 3.8) is 0 Å². The average molecular weight is 345 g/mol. The van der Waals surface area contributed by atoms with Gasteiger partial charge in [-0.15, -0.1) is 0 Å². The number of nitrogens with one attached hydrogen (secondary N) is 1. The number of nitrogens with zero attached hydrogens (tertiary/aromatic N) is 3. The lowest BCUT2D eigenvalue weighted by molar-refractivity contribution is -0.126. The smallest absolute Gasteiger partial charge is 0.223 e. The fraction of sp³-hybridized carbons (Fsp3) is 0.389. The summed E-state index contributed by atoms with van der Waals surface area (Å²) < 4.78 is 0. The largest absolute Gasteiger partial charge is 0.350 e. The number of aromatic nitrogens is 2. The van der Waals surface area contributed by atoms with Gasteiger partial charge in [0.15, 0.2) is 5.15 Å². The summed E-state index contributed by atoms with van der Waals surface area (Å²) in [5, 5.41) is 3.27. The second-order valence-electron chi connectivity index (χ2n) is 6.05. The molecule has 0 atom stereocenters. The predicted molar refractivity (Wildman–Crippen MR) is 93.3 cm³/mol. The topological polar surface area (TPSA) is 58.1 Å². The van der Waals surface area contributed by atoms with Crippen molar-refractivity contribution in [3.8, 4) is 0 Å². The molecule has 0 aliphatic carbocycles. The zero-order valence-electron chi connectivity index (χ0n) is 13.5. The third kappa shape index (κ3) is 4.52. The Balaban J connectivity index is 1.44. The summed E-state index contributed by atoms with van der Waals surface area (Å²) in [6, 6.07) is 10.4. The van der Waals surface area contributed by atoms with E-state index < -0.39 is 0 Å². The Kier molecular flexibility index (Phi) is 5.77. The van der Waals surface area contributed by atoms with Gasteiger partial charge in [0.05, 0.1) is 12.2 Å². The summed E-state index contributed by atoms with van der Waals surface area (Å²) in [5.41, 5.74) is 1.92.